The number of halogens is 1. The highest BCUT2D eigenvalue weighted by molar-refractivity contribution is 6.33. The molecule has 2 aromatic rings. The molecule has 0 aliphatic carbocycles. The second-order valence-electron chi connectivity index (χ2n) is 3.62. The third kappa shape index (κ3) is 1.78. The molecule has 0 amide bonds. The molecule has 3 rings (SSSR count). The molecule has 1 N–H and O–H groups in total. The van der Waals surface area contributed by atoms with Crippen LogP contribution in [0.5, 0.6) is 0 Å². The number of hydrogen-bond donors (Lipinski definition) is 1. The van der Waals surface area contributed by atoms with Gasteiger partial charge in [-0.05, 0) is 0 Å². The van der Waals surface area contributed by atoms with Crippen LogP contribution in [0.15, 0.2) is 12.7 Å². The number of imidazole rings is 1. The zero-order valence-corrected chi connectivity index (χ0v) is 9.45. The Morgan fingerprint density at radius 2 is 2.24 bits per heavy atom. The number of hydrogen-bond acceptors (Lipinski definition) is 5. The van der Waals surface area contributed by atoms with Gasteiger partial charge in [0.15, 0.2) is 10.8 Å². The first-order valence-corrected chi connectivity index (χ1v) is 5.45. The maximum absolute atomic E-state index is 8.99. The minimum atomic E-state index is -0.317. The van der Waals surface area contributed by atoms with Crippen LogP contribution in [0.1, 0.15) is 6.23 Å². The second kappa shape index (κ2) is 4.21. The van der Waals surface area contributed by atoms with E-state index in [1.165, 1.54) is 6.33 Å². The summed E-state index contributed by atoms with van der Waals surface area (Å²) in [5.74, 6) is 0. The van der Waals surface area contributed by atoms with E-state index in [2.05, 4.69) is 15.0 Å². The van der Waals surface area contributed by atoms with Crippen molar-refractivity contribution in [3.63, 3.8) is 0 Å². The van der Waals surface area contributed by atoms with Crippen molar-refractivity contribution in [1.82, 2.24) is 19.5 Å². The molecule has 1 fully saturated rings. The molecule has 7 heteroatoms. The smallest absolute Gasteiger partial charge is 0.166 e. The van der Waals surface area contributed by atoms with Crippen LogP contribution in [0.3, 0.4) is 0 Å². The molecule has 0 spiro atoms. The summed E-state index contributed by atoms with van der Waals surface area (Å²) < 4.78 is 7.31. The molecule has 1 aliphatic heterocycles. The highest BCUT2D eigenvalue weighted by Gasteiger charge is 2.28. The summed E-state index contributed by atoms with van der Waals surface area (Å²) in [4.78, 5) is 12.1. The van der Waals surface area contributed by atoms with Gasteiger partial charge in [-0.2, -0.15) is 0 Å². The van der Waals surface area contributed by atoms with E-state index in [0.29, 0.717) is 16.3 Å². The second-order valence-corrected chi connectivity index (χ2v) is 3.98. The van der Waals surface area contributed by atoms with Crippen molar-refractivity contribution in [2.75, 3.05) is 6.61 Å². The van der Waals surface area contributed by atoms with Crippen molar-refractivity contribution >= 4 is 22.8 Å². The molecule has 17 heavy (non-hydrogen) atoms. The molecule has 0 unspecified atom stereocenters. The first-order chi connectivity index (χ1) is 8.29. The third-order valence-corrected chi connectivity index (χ3v) is 2.85. The van der Waals surface area contributed by atoms with Crippen LogP contribution in [-0.4, -0.2) is 37.3 Å². The summed E-state index contributed by atoms with van der Waals surface area (Å²) in [6.45, 7) is -0.0463. The predicted octanol–water partition coefficient (Wildman–Crippen LogP) is 0.778. The van der Waals surface area contributed by atoms with Crippen LogP contribution in [0.25, 0.3) is 11.2 Å². The lowest BCUT2D eigenvalue weighted by molar-refractivity contribution is -0.00602. The van der Waals surface area contributed by atoms with Gasteiger partial charge in [0.05, 0.1) is 19.0 Å². The van der Waals surface area contributed by atoms with Crippen molar-refractivity contribution in [3.05, 3.63) is 30.6 Å². The first-order valence-electron chi connectivity index (χ1n) is 5.07. The third-order valence-electron chi connectivity index (χ3n) is 2.57. The number of aliphatic hydroxyl groups is 1. The van der Waals surface area contributed by atoms with Crippen LogP contribution in [-0.2, 0) is 4.74 Å². The average molecular weight is 253 g/mol. The molecule has 6 nitrogen and oxygen atoms in total. The van der Waals surface area contributed by atoms with Gasteiger partial charge in [0, 0.05) is 12.8 Å². The zero-order chi connectivity index (χ0) is 11.8. The van der Waals surface area contributed by atoms with Gasteiger partial charge in [0.25, 0.3) is 0 Å². The Hall–Kier alpha value is -1.24. The molecule has 0 bridgehead atoms. The molecule has 88 valence electrons. The topological polar surface area (TPSA) is 73.1 Å². The monoisotopic (exact) mass is 252 g/mol. The van der Waals surface area contributed by atoms with Gasteiger partial charge >= 0.3 is 0 Å². The minimum absolute atomic E-state index is 0.0463. The number of rotatable bonds is 2. The van der Waals surface area contributed by atoms with E-state index >= 15 is 0 Å². The fourth-order valence-corrected chi connectivity index (χ4v) is 1.94. The fraction of sp³-hybridized carbons (Fsp3) is 0.300. The fourth-order valence-electron chi connectivity index (χ4n) is 1.76. The number of aliphatic hydroxyl groups excluding tert-OH is 1. The molecule has 2 radical (unpaired) electrons. The number of aromatic nitrogens is 4. The molecular weight excluding hydrogens is 244 g/mol. The van der Waals surface area contributed by atoms with E-state index in [1.807, 2.05) is 6.42 Å². The van der Waals surface area contributed by atoms with Gasteiger partial charge in [-0.1, -0.05) is 11.6 Å². The van der Waals surface area contributed by atoms with Gasteiger partial charge in [0.2, 0.25) is 0 Å². The normalized spacial score (nSPS) is 24.6. The maximum Gasteiger partial charge on any atom is 0.166 e. The van der Waals surface area contributed by atoms with E-state index in [9.17, 15) is 0 Å². The van der Waals surface area contributed by atoms with Gasteiger partial charge in [-0.15, -0.1) is 0 Å². The summed E-state index contributed by atoms with van der Waals surface area (Å²) >= 11 is 5.91. The highest BCUT2D eigenvalue weighted by Crippen LogP contribution is 2.29. The zero-order valence-electron chi connectivity index (χ0n) is 8.69. The lowest BCUT2D eigenvalue weighted by Crippen LogP contribution is -2.14. The Morgan fingerprint density at radius 3 is 3.00 bits per heavy atom. The molecule has 2 aromatic heterocycles. The lowest BCUT2D eigenvalue weighted by atomic mass is 10.2. The van der Waals surface area contributed by atoms with Gasteiger partial charge in [-0.3, -0.25) is 4.57 Å². The Balaban J connectivity index is 1.99. The van der Waals surface area contributed by atoms with Crippen molar-refractivity contribution in [2.45, 2.75) is 12.3 Å². The van der Waals surface area contributed by atoms with Crippen LogP contribution in [0.2, 0.25) is 5.15 Å². The van der Waals surface area contributed by atoms with Crippen LogP contribution < -0.4 is 0 Å². The summed E-state index contributed by atoms with van der Waals surface area (Å²) in [5.41, 5.74) is 1.15. The largest absolute Gasteiger partial charge is 0.394 e. The predicted molar refractivity (Wildman–Crippen MR) is 59.9 cm³/mol. The maximum atomic E-state index is 8.99. The van der Waals surface area contributed by atoms with Gasteiger partial charge in [0.1, 0.15) is 18.1 Å². The van der Waals surface area contributed by atoms with Gasteiger partial charge in [-0.25, -0.2) is 15.0 Å². The first kappa shape index (κ1) is 10.9. The summed E-state index contributed by atoms with van der Waals surface area (Å²) in [5, 5.41) is 9.31. The van der Waals surface area contributed by atoms with E-state index < -0.39 is 0 Å². The van der Waals surface area contributed by atoms with E-state index in [0.717, 1.165) is 0 Å². The molecule has 0 aromatic carbocycles. The lowest BCUT2D eigenvalue weighted by Gasteiger charge is -2.13. The quantitative estimate of drug-likeness (QED) is 0.800. The Morgan fingerprint density at radius 1 is 1.35 bits per heavy atom. The molecule has 1 saturated heterocycles. The number of nitrogens with zero attached hydrogens (tertiary/aromatic N) is 4. The SMILES string of the molecule is OC[C@H]1[CH][CH][C@H](n2cnc3c(Cl)ncnc32)O1. The standard InChI is InChI=1S/C10H9ClN4O2/c11-9-8-10(13-4-12-9)15(5-14-8)7-2-1-6(3-16)17-7/h1-2,4-7,16H,3H2/t6-,7-/m1/s1. The average Bonchev–Trinajstić information content (AvgIpc) is 2.94. The Labute approximate surface area is 102 Å². The summed E-state index contributed by atoms with van der Waals surface area (Å²) in [7, 11) is 0. The minimum Gasteiger partial charge on any atom is -0.394 e. The molecule has 2 atom stereocenters. The Kier molecular flexibility index (Phi) is 2.70. The molecule has 1 aliphatic rings. The van der Waals surface area contributed by atoms with E-state index in [4.69, 9.17) is 21.4 Å². The molecular formula is C10H9ClN4O2. The summed E-state index contributed by atoms with van der Waals surface area (Å²) in [6.07, 6.45) is 6.03. The number of fused-ring (bicyclic) bond motifs is 1. The van der Waals surface area contributed by atoms with E-state index in [-0.39, 0.29) is 18.9 Å². The van der Waals surface area contributed by atoms with Crippen LogP contribution in [0, 0.1) is 12.8 Å². The highest BCUT2D eigenvalue weighted by atomic mass is 35.5. The Bertz CT molecular complexity index is 544. The number of ether oxygens (including phenoxy) is 1. The van der Waals surface area contributed by atoms with Crippen molar-refractivity contribution in [1.29, 1.82) is 0 Å². The van der Waals surface area contributed by atoms with Crippen LogP contribution >= 0.6 is 11.6 Å². The molecule has 3 heterocycles. The molecule has 0 saturated carbocycles. The van der Waals surface area contributed by atoms with Gasteiger partial charge < -0.3 is 9.84 Å². The van der Waals surface area contributed by atoms with Crippen molar-refractivity contribution in [3.8, 4) is 0 Å². The van der Waals surface area contributed by atoms with E-state index in [1.54, 1.807) is 17.3 Å². The van der Waals surface area contributed by atoms with Crippen molar-refractivity contribution in [2.24, 2.45) is 0 Å². The van der Waals surface area contributed by atoms with Crippen molar-refractivity contribution < 1.29 is 9.84 Å². The summed E-state index contributed by atoms with van der Waals surface area (Å²) in [6, 6.07) is 0. The van der Waals surface area contributed by atoms with Crippen LogP contribution in [0.4, 0.5) is 0 Å².